The molecule has 0 radical (unpaired) electrons. The lowest BCUT2D eigenvalue weighted by atomic mass is 9.98. The molecule has 0 unspecified atom stereocenters. The average Bonchev–Trinajstić information content (AvgIpc) is 2.82. The summed E-state index contributed by atoms with van der Waals surface area (Å²) < 4.78 is 5.68. The molecule has 2 aromatic rings. The van der Waals surface area contributed by atoms with E-state index in [1.807, 2.05) is 17.0 Å². The zero-order chi connectivity index (χ0) is 23.6. The van der Waals surface area contributed by atoms with Crippen LogP contribution in [0.1, 0.15) is 66.7 Å². The van der Waals surface area contributed by atoms with Gasteiger partial charge in [-0.2, -0.15) is 0 Å². The molecule has 0 spiro atoms. The minimum atomic E-state index is -0.306. The largest absolute Gasteiger partial charge is 0.494 e. The fraction of sp³-hybridized carbons (Fsp3) is 0.423. The maximum Gasteiger partial charge on any atom is 0.257 e. The van der Waals surface area contributed by atoms with Crippen molar-refractivity contribution in [2.24, 2.45) is 5.92 Å². The van der Waals surface area contributed by atoms with Crippen molar-refractivity contribution in [1.82, 2.24) is 10.2 Å². The van der Waals surface area contributed by atoms with Gasteiger partial charge < -0.3 is 15.0 Å². The third-order valence-corrected chi connectivity index (χ3v) is 6.00. The van der Waals surface area contributed by atoms with Crippen LogP contribution in [0.2, 0.25) is 0 Å². The Kier molecular flexibility index (Phi) is 9.24. The normalized spacial score (nSPS) is 13.9. The first-order valence-electron chi connectivity index (χ1n) is 11.7. The summed E-state index contributed by atoms with van der Waals surface area (Å²) >= 11 is 5.30. The highest BCUT2D eigenvalue weighted by atomic mass is 32.1. The highest BCUT2D eigenvalue weighted by Gasteiger charge is 2.21. The van der Waals surface area contributed by atoms with Crippen molar-refractivity contribution in [3.05, 3.63) is 59.7 Å². The van der Waals surface area contributed by atoms with Gasteiger partial charge in [0, 0.05) is 29.9 Å². The van der Waals surface area contributed by atoms with E-state index in [0.717, 1.165) is 50.9 Å². The number of ether oxygens (including phenoxy) is 1. The van der Waals surface area contributed by atoms with Crippen molar-refractivity contribution in [3.8, 4) is 5.75 Å². The van der Waals surface area contributed by atoms with Gasteiger partial charge in [-0.1, -0.05) is 32.8 Å². The number of nitrogens with zero attached hydrogens (tertiary/aromatic N) is 1. The monoisotopic (exact) mass is 467 g/mol. The Balaban J connectivity index is 1.51. The predicted molar refractivity (Wildman–Crippen MR) is 136 cm³/mol. The zero-order valence-corrected chi connectivity index (χ0v) is 20.2. The average molecular weight is 468 g/mol. The van der Waals surface area contributed by atoms with Crippen LogP contribution in [0.25, 0.3) is 0 Å². The number of nitrogens with one attached hydrogen (secondary N) is 2. The molecule has 2 amide bonds. The zero-order valence-electron chi connectivity index (χ0n) is 19.4. The molecule has 1 fully saturated rings. The highest BCUT2D eigenvalue weighted by molar-refractivity contribution is 7.80. The summed E-state index contributed by atoms with van der Waals surface area (Å²) in [5.74, 6) is 1.13. The second kappa shape index (κ2) is 12.3. The van der Waals surface area contributed by atoms with Gasteiger partial charge in [-0.3, -0.25) is 14.9 Å². The maximum atomic E-state index is 12.8. The Hall–Kier alpha value is -2.93. The molecule has 0 saturated carbocycles. The summed E-state index contributed by atoms with van der Waals surface area (Å²) in [6, 6.07) is 14.2. The molecule has 6 nitrogen and oxygen atoms in total. The van der Waals surface area contributed by atoms with E-state index in [-0.39, 0.29) is 16.9 Å². The third kappa shape index (κ3) is 7.56. The number of anilines is 1. The van der Waals surface area contributed by atoms with Crippen LogP contribution in [0.4, 0.5) is 5.69 Å². The van der Waals surface area contributed by atoms with Crippen LogP contribution in [0.3, 0.4) is 0 Å². The molecular formula is C26H33N3O3S. The van der Waals surface area contributed by atoms with Crippen molar-refractivity contribution < 1.29 is 14.3 Å². The molecule has 0 atom stereocenters. The number of carbonyl (C=O) groups is 2. The lowest BCUT2D eigenvalue weighted by Crippen LogP contribution is -2.38. The predicted octanol–water partition coefficient (Wildman–Crippen LogP) is 5.25. The Morgan fingerprint density at radius 2 is 1.79 bits per heavy atom. The van der Waals surface area contributed by atoms with Crippen molar-refractivity contribution in [1.29, 1.82) is 0 Å². The third-order valence-electron chi connectivity index (χ3n) is 5.80. The number of benzene rings is 2. The molecule has 0 aliphatic carbocycles. The summed E-state index contributed by atoms with van der Waals surface area (Å²) in [6.45, 7) is 6.62. The summed E-state index contributed by atoms with van der Waals surface area (Å²) in [6.07, 6.45) is 5.37. The molecule has 0 bridgehead atoms. The molecular weight excluding hydrogens is 434 g/mol. The standard InChI is InChI=1S/C26H33N3O3S/c1-3-4-5-17-32-23-11-9-20(10-12-23)24(30)28-26(33)27-22-8-6-7-21(18-22)25(31)29-15-13-19(2)14-16-29/h6-12,18-19H,3-5,13-17H2,1-2H3,(H2,27,28,30,33). The quantitative estimate of drug-likeness (QED) is 0.410. The van der Waals surface area contributed by atoms with Crippen molar-refractivity contribution in [2.75, 3.05) is 25.0 Å². The van der Waals surface area contributed by atoms with E-state index in [9.17, 15) is 9.59 Å². The number of rotatable bonds is 8. The molecule has 176 valence electrons. The van der Waals surface area contributed by atoms with Crippen LogP contribution in [-0.4, -0.2) is 41.5 Å². The van der Waals surface area contributed by atoms with Gasteiger partial charge in [0.05, 0.1) is 6.61 Å². The molecule has 33 heavy (non-hydrogen) atoms. The lowest BCUT2D eigenvalue weighted by Gasteiger charge is -2.30. The van der Waals surface area contributed by atoms with Crippen molar-refractivity contribution in [3.63, 3.8) is 0 Å². The molecule has 1 aliphatic rings. The van der Waals surface area contributed by atoms with E-state index in [1.54, 1.807) is 36.4 Å². The van der Waals surface area contributed by atoms with Crippen LogP contribution in [0.15, 0.2) is 48.5 Å². The number of piperidine rings is 1. The van der Waals surface area contributed by atoms with E-state index in [1.165, 1.54) is 0 Å². The Morgan fingerprint density at radius 1 is 1.06 bits per heavy atom. The SMILES string of the molecule is CCCCCOc1ccc(C(=O)NC(=S)Nc2cccc(C(=O)N3CCC(C)CC3)c2)cc1. The molecule has 1 aliphatic heterocycles. The Morgan fingerprint density at radius 3 is 2.48 bits per heavy atom. The molecule has 7 heteroatoms. The summed E-state index contributed by atoms with van der Waals surface area (Å²) in [5, 5.41) is 5.87. The molecule has 2 N–H and O–H groups in total. The van der Waals surface area contributed by atoms with Crippen LogP contribution in [0.5, 0.6) is 5.75 Å². The van der Waals surface area contributed by atoms with E-state index >= 15 is 0 Å². The van der Waals surface area contributed by atoms with Crippen LogP contribution in [0, 0.1) is 5.92 Å². The van der Waals surface area contributed by atoms with Crippen molar-refractivity contribution in [2.45, 2.75) is 46.0 Å². The molecule has 1 heterocycles. The fourth-order valence-corrected chi connectivity index (χ4v) is 3.92. The number of hydrogen-bond donors (Lipinski definition) is 2. The highest BCUT2D eigenvalue weighted by Crippen LogP contribution is 2.20. The number of carbonyl (C=O) groups excluding carboxylic acids is 2. The topological polar surface area (TPSA) is 70.7 Å². The van der Waals surface area contributed by atoms with E-state index in [4.69, 9.17) is 17.0 Å². The van der Waals surface area contributed by atoms with Crippen LogP contribution in [-0.2, 0) is 0 Å². The van der Waals surface area contributed by atoms with Gasteiger partial charge in [0.1, 0.15) is 5.75 Å². The van der Waals surface area contributed by atoms with Crippen LogP contribution >= 0.6 is 12.2 Å². The number of thiocarbonyl (C=S) groups is 1. The first-order chi connectivity index (χ1) is 16.0. The van der Waals surface area contributed by atoms with Gasteiger partial charge in [-0.25, -0.2) is 0 Å². The first kappa shape index (κ1) is 24.7. The minimum absolute atomic E-state index is 0.0255. The van der Waals surface area contributed by atoms with Gasteiger partial charge in [-0.15, -0.1) is 0 Å². The van der Waals surface area contributed by atoms with Gasteiger partial charge in [-0.05, 0) is 79.9 Å². The molecule has 0 aromatic heterocycles. The van der Waals surface area contributed by atoms with E-state index in [0.29, 0.717) is 29.3 Å². The molecule has 2 aromatic carbocycles. The molecule has 3 rings (SSSR count). The number of amides is 2. The van der Waals surface area contributed by atoms with Crippen molar-refractivity contribution >= 4 is 34.8 Å². The lowest BCUT2D eigenvalue weighted by molar-refractivity contribution is 0.0697. The fourth-order valence-electron chi connectivity index (χ4n) is 3.71. The van der Waals surface area contributed by atoms with Gasteiger partial charge in [0.25, 0.3) is 11.8 Å². The maximum absolute atomic E-state index is 12.8. The number of hydrogen-bond acceptors (Lipinski definition) is 4. The second-order valence-corrected chi connectivity index (χ2v) is 8.95. The number of likely N-dealkylation sites (tertiary alicyclic amines) is 1. The Bertz CT molecular complexity index is 954. The first-order valence-corrected chi connectivity index (χ1v) is 12.1. The molecule has 1 saturated heterocycles. The number of unbranched alkanes of at least 4 members (excludes halogenated alkanes) is 2. The van der Waals surface area contributed by atoms with E-state index < -0.39 is 0 Å². The smallest absolute Gasteiger partial charge is 0.257 e. The summed E-state index contributed by atoms with van der Waals surface area (Å²) in [7, 11) is 0. The Labute approximate surface area is 201 Å². The van der Waals surface area contributed by atoms with Gasteiger partial charge in [0.15, 0.2) is 5.11 Å². The second-order valence-electron chi connectivity index (χ2n) is 8.54. The van der Waals surface area contributed by atoms with Crippen LogP contribution < -0.4 is 15.4 Å². The van der Waals surface area contributed by atoms with Gasteiger partial charge >= 0.3 is 0 Å². The summed E-state index contributed by atoms with van der Waals surface area (Å²) in [5.41, 5.74) is 1.76. The minimum Gasteiger partial charge on any atom is -0.494 e. The van der Waals surface area contributed by atoms with E-state index in [2.05, 4.69) is 24.5 Å². The van der Waals surface area contributed by atoms with Gasteiger partial charge in [0.2, 0.25) is 0 Å². The summed E-state index contributed by atoms with van der Waals surface area (Å²) in [4.78, 5) is 27.2.